The normalized spacial score (nSPS) is 20.2. The predicted octanol–water partition coefficient (Wildman–Crippen LogP) is 5.25. The number of benzene rings is 3. The highest BCUT2D eigenvalue weighted by Gasteiger charge is 2.47. The fraction of sp³-hybridized carbons (Fsp3) is 0.419. The number of ether oxygens (including phenoxy) is 4. The van der Waals surface area contributed by atoms with Crippen LogP contribution in [0.4, 0.5) is 0 Å². The number of carbonyl (C=O) groups is 5. The molecule has 2 atom stereocenters. The summed E-state index contributed by atoms with van der Waals surface area (Å²) in [6.07, 6.45) is 2.75. The Morgan fingerprint density at radius 2 is 1.40 bits per heavy atom. The van der Waals surface area contributed by atoms with Crippen molar-refractivity contribution in [2.24, 2.45) is 0 Å². The number of aliphatic carboxylic acids is 3. The van der Waals surface area contributed by atoms with Gasteiger partial charge in [-0.1, -0.05) is 59.6 Å². The van der Waals surface area contributed by atoms with Crippen LogP contribution in [0.5, 0.6) is 17.2 Å². The monoisotopic (exact) mass is 869 g/mol. The summed E-state index contributed by atoms with van der Waals surface area (Å²) in [6, 6.07) is 18.9. The molecule has 3 aromatic carbocycles. The highest BCUT2D eigenvalue weighted by atomic mass is 35.5. The van der Waals surface area contributed by atoms with Gasteiger partial charge in [0.1, 0.15) is 0 Å². The minimum atomic E-state index is -1.26. The van der Waals surface area contributed by atoms with Gasteiger partial charge in [0.2, 0.25) is 11.7 Å². The van der Waals surface area contributed by atoms with Gasteiger partial charge in [0.15, 0.2) is 17.6 Å². The average Bonchev–Trinajstić information content (AvgIpc) is 3.71. The van der Waals surface area contributed by atoms with Crippen molar-refractivity contribution < 1.29 is 58.2 Å². The Hall–Kier alpha value is -5.35. The first-order chi connectivity index (χ1) is 28.7. The van der Waals surface area contributed by atoms with Gasteiger partial charge in [0.25, 0.3) is 5.91 Å². The summed E-state index contributed by atoms with van der Waals surface area (Å²) in [7, 11) is 4.57. The van der Waals surface area contributed by atoms with Crippen LogP contribution >= 0.6 is 23.2 Å². The molecular weight excluding hydrogens is 821 g/mol. The van der Waals surface area contributed by atoms with Crippen LogP contribution < -0.4 is 14.2 Å². The maximum absolute atomic E-state index is 14.3. The highest BCUT2D eigenvalue weighted by Crippen LogP contribution is 2.44. The molecule has 60 heavy (non-hydrogen) atoms. The van der Waals surface area contributed by atoms with E-state index in [1.54, 1.807) is 17.0 Å². The first kappa shape index (κ1) is 45.7. The van der Waals surface area contributed by atoms with Crippen molar-refractivity contribution in [3.05, 3.63) is 99.6 Å². The van der Waals surface area contributed by atoms with Gasteiger partial charge in [0.05, 0.1) is 49.9 Å². The summed E-state index contributed by atoms with van der Waals surface area (Å²) in [4.78, 5) is 65.1. The molecule has 3 aromatic rings. The lowest BCUT2D eigenvalue weighted by Gasteiger charge is -2.45. The summed E-state index contributed by atoms with van der Waals surface area (Å²) < 4.78 is 21.9. The Kier molecular flexibility index (Phi) is 15.5. The molecule has 3 aliphatic heterocycles. The summed E-state index contributed by atoms with van der Waals surface area (Å²) in [5, 5.41) is 26.1. The number of nitrogens with zero attached hydrogens (tertiary/aromatic N) is 3. The lowest BCUT2D eigenvalue weighted by Crippen LogP contribution is -2.57. The van der Waals surface area contributed by atoms with E-state index in [0.29, 0.717) is 90.6 Å². The van der Waals surface area contributed by atoms with Gasteiger partial charge in [-0.05, 0) is 80.7 Å². The molecule has 0 aliphatic carbocycles. The number of carboxylic acids is 3. The minimum Gasteiger partial charge on any atom is -0.493 e. The number of hydrogen-bond acceptors (Lipinski definition) is 10. The third-order valence-corrected chi connectivity index (χ3v) is 12.2. The number of likely N-dealkylation sites (tertiary alicyclic amines) is 2. The van der Waals surface area contributed by atoms with Crippen molar-refractivity contribution in [2.45, 2.75) is 42.6 Å². The van der Waals surface area contributed by atoms with Crippen molar-refractivity contribution in [2.75, 3.05) is 73.7 Å². The SMILES string of the molecule is COc1cc(C(=O)N2CC[C@](CCN3CCC(C(=O)N4CCOC(C(=O)O)C4)(c4ccccc4)CC3)(c3ccc(Cl)c(Cl)c3)C2)cc(OC)c1OC.O=C(O)/C=C/C(=O)O. The highest BCUT2D eigenvalue weighted by molar-refractivity contribution is 6.42. The van der Waals surface area contributed by atoms with Gasteiger partial charge in [-0.25, -0.2) is 14.4 Å². The van der Waals surface area contributed by atoms with E-state index in [1.807, 2.05) is 53.4 Å². The maximum atomic E-state index is 14.3. The second-order valence-electron chi connectivity index (χ2n) is 14.8. The van der Waals surface area contributed by atoms with Crippen LogP contribution in [0.2, 0.25) is 10.0 Å². The number of piperidine rings is 1. The molecule has 17 heteroatoms. The van der Waals surface area contributed by atoms with Crippen molar-refractivity contribution in [3.8, 4) is 17.2 Å². The van der Waals surface area contributed by atoms with Crippen molar-refractivity contribution in [1.29, 1.82) is 0 Å². The lowest BCUT2D eigenvalue weighted by atomic mass is 9.71. The Morgan fingerprint density at radius 1 is 0.767 bits per heavy atom. The Morgan fingerprint density at radius 3 is 1.95 bits per heavy atom. The zero-order chi connectivity index (χ0) is 43.6. The van der Waals surface area contributed by atoms with E-state index < -0.39 is 34.8 Å². The summed E-state index contributed by atoms with van der Waals surface area (Å²) in [5.41, 5.74) is 1.24. The van der Waals surface area contributed by atoms with Crippen LogP contribution in [0.15, 0.2) is 72.8 Å². The number of carbonyl (C=O) groups excluding carboxylic acids is 2. The molecule has 3 N–H and O–H groups in total. The van der Waals surface area contributed by atoms with Crippen LogP contribution in [0.3, 0.4) is 0 Å². The van der Waals surface area contributed by atoms with Crippen LogP contribution in [-0.4, -0.2) is 140 Å². The topological polar surface area (TPSA) is 193 Å². The van der Waals surface area contributed by atoms with Gasteiger partial charge in [-0.15, -0.1) is 0 Å². The first-order valence-electron chi connectivity index (χ1n) is 19.3. The van der Waals surface area contributed by atoms with Crippen LogP contribution in [0.1, 0.15) is 47.2 Å². The van der Waals surface area contributed by atoms with Crippen molar-refractivity contribution >= 4 is 52.9 Å². The molecule has 15 nitrogen and oxygen atoms in total. The van der Waals surface area contributed by atoms with Gasteiger partial charge in [-0.3, -0.25) is 9.59 Å². The third-order valence-electron chi connectivity index (χ3n) is 11.4. The molecule has 0 saturated carbocycles. The van der Waals surface area contributed by atoms with Gasteiger partial charge < -0.3 is 49.0 Å². The number of amides is 2. The molecule has 3 heterocycles. The second-order valence-corrected chi connectivity index (χ2v) is 15.6. The molecule has 3 saturated heterocycles. The van der Waals surface area contributed by atoms with Crippen LogP contribution in [0.25, 0.3) is 0 Å². The third kappa shape index (κ3) is 10.5. The van der Waals surface area contributed by atoms with Gasteiger partial charge >= 0.3 is 17.9 Å². The molecule has 2 amide bonds. The summed E-state index contributed by atoms with van der Waals surface area (Å²) >= 11 is 12.9. The smallest absolute Gasteiger partial charge is 0.334 e. The van der Waals surface area contributed by atoms with E-state index in [4.69, 9.17) is 52.4 Å². The fourth-order valence-electron chi connectivity index (χ4n) is 8.19. The number of methoxy groups -OCH3 is 3. The standard InChI is InChI=1S/C39H45Cl2N3O8.C4H4O4/c1-49-31-21-26(22-32(50-2)34(31)51-3)35(45)44-18-12-38(25-44,28-9-10-29(40)30(41)23-28)11-15-42-16-13-39(14-17-42,27-7-5-4-6-8-27)37(48)43-19-20-52-33(24-43)36(46)47;5-3(6)1-2-4(7)8/h4-10,21-23,33H,11-20,24-25H2,1-3H3,(H,46,47);1-2H,(H,5,6)(H,7,8)/b;2-1+/t33?,38-;/m0./s1. The predicted molar refractivity (Wildman–Crippen MR) is 222 cm³/mol. The van der Waals surface area contributed by atoms with Crippen molar-refractivity contribution in [3.63, 3.8) is 0 Å². The number of morpholine rings is 1. The quantitative estimate of drug-likeness (QED) is 0.189. The molecule has 322 valence electrons. The molecule has 0 spiro atoms. The Balaban J connectivity index is 0.000000774. The van der Waals surface area contributed by atoms with E-state index in [-0.39, 0.29) is 25.0 Å². The maximum Gasteiger partial charge on any atom is 0.334 e. The minimum absolute atomic E-state index is 0.0317. The molecule has 0 aromatic heterocycles. The molecule has 0 bridgehead atoms. The van der Waals surface area contributed by atoms with E-state index in [0.717, 1.165) is 30.5 Å². The van der Waals surface area contributed by atoms with Crippen molar-refractivity contribution in [1.82, 2.24) is 14.7 Å². The molecule has 0 radical (unpaired) electrons. The molecule has 3 aliphatic rings. The summed E-state index contributed by atoms with van der Waals surface area (Å²) in [5.74, 6) is -2.53. The van der Waals surface area contributed by atoms with E-state index in [2.05, 4.69) is 4.90 Å². The zero-order valence-electron chi connectivity index (χ0n) is 33.6. The fourth-order valence-corrected chi connectivity index (χ4v) is 8.48. The molecular formula is C43H49Cl2N3O12. The number of halogens is 2. The Bertz CT molecular complexity index is 2030. The van der Waals surface area contributed by atoms with E-state index in [1.165, 1.54) is 21.3 Å². The molecule has 6 rings (SSSR count). The largest absolute Gasteiger partial charge is 0.493 e. The van der Waals surface area contributed by atoms with Crippen LogP contribution in [0, 0.1) is 0 Å². The molecule has 3 fully saturated rings. The Labute approximate surface area is 357 Å². The average molecular weight is 871 g/mol. The number of hydrogen-bond donors (Lipinski definition) is 3. The zero-order valence-corrected chi connectivity index (χ0v) is 35.1. The van der Waals surface area contributed by atoms with Gasteiger partial charge in [0, 0.05) is 42.8 Å². The first-order valence-corrected chi connectivity index (χ1v) is 20.0. The van der Waals surface area contributed by atoms with Gasteiger partial charge in [-0.2, -0.15) is 0 Å². The molecule has 1 unspecified atom stereocenters. The number of rotatable bonds is 13. The summed E-state index contributed by atoms with van der Waals surface area (Å²) in [6.45, 7) is 3.70. The lowest BCUT2D eigenvalue weighted by molar-refractivity contribution is -0.162. The van der Waals surface area contributed by atoms with E-state index >= 15 is 0 Å². The number of carboxylic acid groups (broad SMARTS) is 3. The van der Waals surface area contributed by atoms with Crippen LogP contribution in [-0.2, 0) is 34.7 Å². The second kappa shape index (κ2) is 20.3. The van der Waals surface area contributed by atoms with E-state index in [9.17, 15) is 29.1 Å².